The zero-order valence-corrected chi connectivity index (χ0v) is 15.4. The Hall–Kier alpha value is -3.55. The van der Waals surface area contributed by atoms with E-state index in [-0.39, 0.29) is 5.91 Å². The van der Waals surface area contributed by atoms with E-state index in [4.69, 9.17) is 0 Å². The molecule has 1 N–H and O–H groups in total. The number of aromatic nitrogens is 4. The molecule has 0 spiro atoms. The van der Waals surface area contributed by atoms with Crippen LogP contribution in [0.25, 0.3) is 0 Å². The summed E-state index contributed by atoms with van der Waals surface area (Å²) >= 11 is 0. The third-order valence-corrected chi connectivity index (χ3v) is 4.76. The molecule has 28 heavy (non-hydrogen) atoms. The zero-order chi connectivity index (χ0) is 19.5. The average molecular weight is 376 g/mol. The summed E-state index contributed by atoms with van der Waals surface area (Å²) in [6.45, 7) is 0. The molecule has 0 radical (unpaired) electrons. The molecule has 2 aromatic heterocycles. The van der Waals surface area contributed by atoms with Crippen LogP contribution in [0.15, 0.2) is 55.1 Å². The minimum atomic E-state index is -0.657. The smallest absolute Gasteiger partial charge is 0.324 e. The molecule has 1 unspecified atom stereocenters. The van der Waals surface area contributed by atoms with Crippen LogP contribution in [0, 0.1) is 0 Å². The van der Waals surface area contributed by atoms with Crippen LogP contribution in [-0.2, 0) is 17.6 Å². The number of benzene rings is 1. The quantitative estimate of drug-likeness (QED) is 0.752. The number of likely N-dealkylation sites (N-methyl/N-ethyl adjacent to an activating group) is 1. The predicted octanol–water partition coefficient (Wildman–Crippen LogP) is 1.80. The van der Waals surface area contributed by atoms with Gasteiger partial charge in [-0.2, -0.15) is 9.78 Å². The van der Waals surface area contributed by atoms with Gasteiger partial charge in [-0.05, 0) is 24.0 Å². The summed E-state index contributed by atoms with van der Waals surface area (Å²) in [6.07, 6.45) is 8.21. The number of carbonyl (C=O) groups is 2. The Kier molecular flexibility index (Phi) is 4.84. The van der Waals surface area contributed by atoms with Gasteiger partial charge in [0.15, 0.2) is 5.82 Å². The first-order chi connectivity index (χ1) is 13.6. The van der Waals surface area contributed by atoms with Gasteiger partial charge in [-0.3, -0.25) is 14.7 Å². The zero-order valence-electron chi connectivity index (χ0n) is 15.4. The second-order valence-electron chi connectivity index (χ2n) is 6.72. The molecule has 8 nitrogen and oxygen atoms in total. The molecule has 0 saturated heterocycles. The third kappa shape index (κ3) is 3.62. The van der Waals surface area contributed by atoms with Crippen LogP contribution in [0.3, 0.4) is 0 Å². The van der Waals surface area contributed by atoms with Crippen LogP contribution in [0.5, 0.6) is 0 Å². The summed E-state index contributed by atoms with van der Waals surface area (Å²) < 4.78 is 1.24. The van der Waals surface area contributed by atoms with Gasteiger partial charge >= 0.3 is 6.03 Å². The molecular formula is C20H20N6O2. The summed E-state index contributed by atoms with van der Waals surface area (Å²) in [6, 6.07) is 8.87. The normalized spacial score (nSPS) is 16.4. The average Bonchev–Trinajstić information content (AvgIpc) is 3.15. The lowest BCUT2D eigenvalue weighted by atomic mass is 10.1. The van der Waals surface area contributed by atoms with Crippen LogP contribution >= 0.6 is 0 Å². The maximum atomic E-state index is 12.7. The van der Waals surface area contributed by atoms with Gasteiger partial charge in [0.25, 0.3) is 5.91 Å². The number of hydrogen-bond donors (Lipinski definition) is 1. The van der Waals surface area contributed by atoms with Gasteiger partial charge < -0.3 is 5.32 Å². The predicted molar refractivity (Wildman–Crippen MR) is 103 cm³/mol. The van der Waals surface area contributed by atoms with E-state index in [1.165, 1.54) is 9.58 Å². The van der Waals surface area contributed by atoms with Crippen molar-refractivity contribution < 1.29 is 9.59 Å². The number of anilines is 1. The van der Waals surface area contributed by atoms with E-state index in [2.05, 4.69) is 20.4 Å². The summed E-state index contributed by atoms with van der Waals surface area (Å²) in [5.41, 5.74) is 2.81. The molecule has 1 aliphatic rings. The van der Waals surface area contributed by atoms with Gasteiger partial charge in [-0.15, -0.1) is 0 Å². The molecule has 0 saturated carbocycles. The van der Waals surface area contributed by atoms with Gasteiger partial charge in [0.1, 0.15) is 6.04 Å². The molecule has 3 heterocycles. The van der Waals surface area contributed by atoms with Crippen molar-refractivity contribution in [1.29, 1.82) is 0 Å². The highest BCUT2D eigenvalue weighted by molar-refractivity contribution is 5.99. The molecule has 8 heteroatoms. The van der Waals surface area contributed by atoms with E-state index >= 15 is 0 Å². The summed E-state index contributed by atoms with van der Waals surface area (Å²) in [7, 11) is 1.65. The Morgan fingerprint density at radius 2 is 1.96 bits per heavy atom. The fraction of sp³-hybridized carbons (Fsp3) is 0.250. The second-order valence-corrected chi connectivity index (χ2v) is 6.72. The molecule has 0 aliphatic carbocycles. The van der Waals surface area contributed by atoms with Crippen LogP contribution < -0.4 is 10.2 Å². The van der Waals surface area contributed by atoms with Crippen LogP contribution in [0.1, 0.15) is 23.2 Å². The Morgan fingerprint density at radius 1 is 1.18 bits per heavy atom. The minimum Gasteiger partial charge on any atom is -0.324 e. The number of carbonyl (C=O) groups excluding carboxylic acids is 2. The largest absolute Gasteiger partial charge is 0.342 e. The van der Waals surface area contributed by atoms with Gasteiger partial charge in [-0.25, -0.2) is 9.78 Å². The van der Waals surface area contributed by atoms with Crippen molar-refractivity contribution in [2.45, 2.75) is 25.3 Å². The molecule has 2 amide bonds. The Balaban J connectivity index is 1.45. The fourth-order valence-corrected chi connectivity index (χ4v) is 3.30. The van der Waals surface area contributed by atoms with Crippen LogP contribution in [0.4, 0.5) is 10.6 Å². The number of rotatable bonds is 3. The standard InChI is InChI=1S/C20H20N6O2/c1-25-18-16(21-9-10-22-18)7-8-17(19(25)27)24-20(28)26-13-15(12-23-26)11-14-5-3-2-4-6-14/h2-6,9-10,12-13,17H,7-8,11H2,1H3,(H,24,28). The van der Waals surface area contributed by atoms with E-state index < -0.39 is 12.1 Å². The lowest BCUT2D eigenvalue weighted by molar-refractivity contribution is -0.120. The lowest BCUT2D eigenvalue weighted by Gasteiger charge is -2.20. The van der Waals surface area contributed by atoms with Crippen molar-refractivity contribution >= 4 is 17.8 Å². The van der Waals surface area contributed by atoms with E-state index in [0.29, 0.717) is 25.1 Å². The minimum absolute atomic E-state index is 0.218. The topological polar surface area (TPSA) is 93.0 Å². The SMILES string of the molecule is CN1C(=O)C(NC(=O)n2cc(Cc3ccccc3)cn2)CCc2nccnc21. The van der Waals surface area contributed by atoms with Gasteiger partial charge in [0.05, 0.1) is 11.9 Å². The second kappa shape index (κ2) is 7.59. The van der Waals surface area contributed by atoms with Gasteiger partial charge in [0, 0.05) is 32.1 Å². The maximum Gasteiger partial charge on any atom is 0.342 e. The molecule has 142 valence electrons. The maximum absolute atomic E-state index is 12.7. The van der Waals surface area contributed by atoms with Crippen molar-refractivity contribution in [3.8, 4) is 0 Å². The van der Waals surface area contributed by atoms with E-state index in [0.717, 1.165) is 16.8 Å². The Labute approximate surface area is 162 Å². The van der Waals surface area contributed by atoms with Crippen LogP contribution in [0.2, 0.25) is 0 Å². The van der Waals surface area contributed by atoms with Gasteiger partial charge in [-0.1, -0.05) is 30.3 Å². The highest BCUT2D eigenvalue weighted by Crippen LogP contribution is 2.21. The highest BCUT2D eigenvalue weighted by atomic mass is 16.2. The summed E-state index contributed by atoms with van der Waals surface area (Å²) in [5.74, 6) is 0.317. The van der Waals surface area contributed by atoms with Crippen molar-refractivity contribution in [3.05, 3.63) is 71.9 Å². The molecule has 1 aromatic carbocycles. The number of hydrogen-bond acceptors (Lipinski definition) is 5. The Morgan fingerprint density at radius 3 is 2.79 bits per heavy atom. The number of nitrogens with zero attached hydrogens (tertiary/aromatic N) is 5. The van der Waals surface area contributed by atoms with Crippen molar-refractivity contribution in [2.24, 2.45) is 0 Å². The molecule has 0 bridgehead atoms. The molecule has 1 atom stereocenters. The fourth-order valence-electron chi connectivity index (χ4n) is 3.30. The monoisotopic (exact) mass is 376 g/mol. The molecule has 3 aromatic rings. The molecular weight excluding hydrogens is 356 g/mol. The molecule has 4 rings (SSSR count). The molecule has 0 fully saturated rings. The first kappa shape index (κ1) is 17.8. The first-order valence-electron chi connectivity index (χ1n) is 9.07. The lowest BCUT2D eigenvalue weighted by Crippen LogP contribution is -2.48. The summed E-state index contributed by atoms with van der Waals surface area (Å²) in [4.78, 5) is 35.3. The van der Waals surface area contributed by atoms with Crippen molar-refractivity contribution in [1.82, 2.24) is 25.1 Å². The number of aryl methyl sites for hydroxylation is 1. The van der Waals surface area contributed by atoms with Crippen LogP contribution in [-0.4, -0.2) is 44.8 Å². The molecule has 1 aliphatic heterocycles. The van der Waals surface area contributed by atoms with Crippen molar-refractivity contribution in [3.63, 3.8) is 0 Å². The van der Waals surface area contributed by atoms with Gasteiger partial charge in [0.2, 0.25) is 0 Å². The van der Waals surface area contributed by atoms with E-state index in [9.17, 15) is 9.59 Å². The van der Waals surface area contributed by atoms with E-state index in [1.54, 1.807) is 31.8 Å². The Bertz CT molecular complexity index is 1000. The first-order valence-corrected chi connectivity index (χ1v) is 9.07. The van der Waals surface area contributed by atoms with E-state index in [1.807, 2.05) is 30.3 Å². The number of fused-ring (bicyclic) bond motifs is 1. The number of amides is 2. The number of nitrogens with one attached hydrogen (secondary N) is 1. The highest BCUT2D eigenvalue weighted by Gasteiger charge is 2.31. The third-order valence-electron chi connectivity index (χ3n) is 4.76. The van der Waals surface area contributed by atoms with Crippen molar-refractivity contribution in [2.75, 3.05) is 11.9 Å². The summed E-state index contributed by atoms with van der Waals surface area (Å²) in [5, 5.41) is 6.92.